The van der Waals surface area contributed by atoms with E-state index >= 15 is 0 Å². The molecule has 2 N–H and O–H groups in total. The van der Waals surface area contributed by atoms with Crippen LogP contribution in [0.4, 0.5) is 20.3 Å². The summed E-state index contributed by atoms with van der Waals surface area (Å²) in [6.07, 6.45) is 1.65. The predicted octanol–water partition coefficient (Wildman–Crippen LogP) is 2.40. The number of likely N-dealkylation sites (N-methyl/N-ethyl adjacent to an activating group) is 1. The Labute approximate surface area is 122 Å². The van der Waals surface area contributed by atoms with Crippen LogP contribution in [0.2, 0.25) is 0 Å². The van der Waals surface area contributed by atoms with Crippen LogP contribution in [-0.4, -0.2) is 30.3 Å². The Kier molecular flexibility index (Phi) is 5.05. The maximum Gasteiger partial charge on any atom is 0.128 e. The van der Waals surface area contributed by atoms with E-state index in [1.165, 1.54) is 0 Å². The summed E-state index contributed by atoms with van der Waals surface area (Å²) in [5.74, 6) is -0.356. The number of nitrogens with zero attached hydrogens (tertiary/aromatic N) is 2. The van der Waals surface area contributed by atoms with Crippen molar-refractivity contribution in [3.05, 3.63) is 53.7 Å². The number of hydrogen-bond acceptors (Lipinski definition) is 4. The third-order valence-corrected chi connectivity index (χ3v) is 3.09. The Bertz CT molecular complexity index is 590. The van der Waals surface area contributed by atoms with Gasteiger partial charge in [0.05, 0.1) is 18.5 Å². The summed E-state index contributed by atoms with van der Waals surface area (Å²) in [4.78, 5) is 6.06. The summed E-state index contributed by atoms with van der Waals surface area (Å²) in [5.41, 5.74) is 1.12. The average Bonchev–Trinajstić information content (AvgIpc) is 2.49. The Hall–Kier alpha value is -2.21. The zero-order chi connectivity index (χ0) is 15.2. The third-order valence-electron chi connectivity index (χ3n) is 3.09. The number of anilines is 2. The number of aliphatic hydroxyl groups excluding tert-OH is 1. The first-order chi connectivity index (χ1) is 10.1. The number of pyridine rings is 1. The van der Waals surface area contributed by atoms with Gasteiger partial charge in [0.1, 0.15) is 17.5 Å². The lowest BCUT2D eigenvalue weighted by Crippen LogP contribution is -2.21. The van der Waals surface area contributed by atoms with Gasteiger partial charge in [-0.2, -0.15) is 0 Å². The predicted molar refractivity (Wildman–Crippen MR) is 78.3 cm³/mol. The lowest BCUT2D eigenvalue weighted by molar-refractivity contribution is 0.304. The number of halogens is 2. The summed E-state index contributed by atoms with van der Waals surface area (Å²) in [6.45, 7) is 0.737. The van der Waals surface area contributed by atoms with Crippen LogP contribution in [0.1, 0.15) is 5.56 Å². The smallest absolute Gasteiger partial charge is 0.128 e. The molecule has 0 radical (unpaired) electrons. The van der Waals surface area contributed by atoms with Crippen molar-refractivity contribution in [1.82, 2.24) is 4.98 Å². The van der Waals surface area contributed by atoms with Crippen molar-refractivity contribution < 1.29 is 13.9 Å². The topological polar surface area (TPSA) is 48.4 Å². The van der Waals surface area contributed by atoms with Crippen LogP contribution in [0.3, 0.4) is 0 Å². The van der Waals surface area contributed by atoms with Crippen LogP contribution in [0.25, 0.3) is 0 Å². The molecule has 0 aliphatic rings. The number of nitrogens with one attached hydrogen (secondary N) is 1. The third kappa shape index (κ3) is 4.13. The van der Waals surface area contributed by atoms with Crippen molar-refractivity contribution in [2.75, 3.05) is 30.4 Å². The van der Waals surface area contributed by atoms with Crippen molar-refractivity contribution in [3.63, 3.8) is 0 Å². The van der Waals surface area contributed by atoms with Crippen LogP contribution < -0.4 is 10.2 Å². The lowest BCUT2D eigenvalue weighted by Gasteiger charge is -2.17. The van der Waals surface area contributed by atoms with Crippen molar-refractivity contribution >= 4 is 11.5 Å². The Morgan fingerprint density at radius 2 is 2.05 bits per heavy atom. The SMILES string of the molecule is CN(CCO)c1ccc(NCc2cc(F)ccc2F)nc1. The Morgan fingerprint density at radius 1 is 1.24 bits per heavy atom. The second-order valence-electron chi connectivity index (χ2n) is 4.64. The Morgan fingerprint density at radius 3 is 2.71 bits per heavy atom. The molecule has 112 valence electrons. The highest BCUT2D eigenvalue weighted by atomic mass is 19.1. The summed E-state index contributed by atoms with van der Waals surface area (Å²) in [7, 11) is 1.85. The van der Waals surface area contributed by atoms with Gasteiger partial charge in [0.2, 0.25) is 0 Å². The minimum absolute atomic E-state index is 0.0648. The monoisotopic (exact) mass is 293 g/mol. The summed E-state index contributed by atoms with van der Waals surface area (Å²) >= 11 is 0. The van der Waals surface area contributed by atoms with E-state index in [1.807, 2.05) is 18.0 Å². The molecular weight excluding hydrogens is 276 g/mol. The van der Waals surface area contributed by atoms with E-state index in [-0.39, 0.29) is 18.7 Å². The van der Waals surface area contributed by atoms with Crippen LogP contribution >= 0.6 is 0 Å². The normalized spacial score (nSPS) is 10.5. The van der Waals surface area contributed by atoms with Gasteiger partial charge in [0.15, 0.2) is 0 Å². The molecule has 6 heteroatoms. The summed E-state index contributed by atoms with van der Waals surface area (Å²) < 4.78 is 26.5. The van der Waals surface area contributed by atoms with Gasteiger partial charge in [0, 0.05) is 25.7 Å². The molecule has 0 unspecified atom stereocenters. The van der Waals surface area contributed by atoms with Crippen LogP contribution in [0.15, 0.2) is 36.5 Å². The molecule has 21 heavy (non-hydrogen) atoms. The fraction of sp³-hybridized carbons (Fsp3) is 0.267. The molecule has 0 fully saturated rings. The molecule has 2 aromatic rings. The highest BCUT2D eigenvalue weighted by Crippen LogP contribution is 2.15. The van der Waals surface area contributed by atoms with Crippen molar-refractivity contribution in [2.45, 2.75) is 6.54 Å². The van der Waals surface area contributed by atoms with Crippen LogP contribution in [0.5, 0.6) is 0 Å². The molecule has 1 aromatic heterocycles. The molecule has 1 aromatic carbocycles. The van der Waals surface area contributed by atoms with Gasteiger partial charge >= 0.3 is 0 Å². The first kappa shape index (κ1) is 15.2. The quantitative estimate of drug-likeness (QED) is 0.858. The van der Waals surface area contributed by atoms with E-state index in [0.29, 0.717) is 12.4 Å². The van der Waals surface area contributed by atoms with Gasteiger partial charge in [-0.25, -0.2) is 13.8 Å². The Balaban J connectivity index is 1.99. The zero-order valence-electron chi connectivity index (χ0n) is 11.7. The van der Waals surface area contributed by atoms with Gasteiger partial charge < -0.3 is 15.3 Å². The maximum atomic E-state index is 13.5. The van der Waals surface area contributed by atoms with E-state index in [2.05, 4.69) is 10.3 Å². The molecule has 1 heterocycles. The highest BCUT2D eigenvalue weighted by molar-refractivity contribution is 5.49. The highest BCUT2D eigenvalue weighted by Gasteiger charge is 2.05. The van der Waals surface area contributed by atoms with Crippen LogP contribution in [-0.2, 0) is 6.54 Å². The van der Waals surface area contributed by atoms with E-state index < -0.39 is 11.6 Å². The number of aliphatic hydroxyl groups is 1. The average molecular weight is 293 g/mol. The summed E-state index contributed by atoms with van der Waals surface area (Å²) in [6, 6.07) is 6.94. The van der Waals surface area contributed by atoms with E-state index in [9.17, 15) is 8.78 Å². The van der Waals surface area contributed by atoms with Crippen molar-refractivity contribution in [2.24, 2.45) is 0 Å². The van der Waals surface area contributed by atoms with Crippen molar-refractivity contribution in [3.8, 4) is 0 Å². The van der Waals surface area contributed by atoms with E-state index in [1.54, 1.807) is 12.3 Å². The largest absolute Gasteiger partial charge is 0.395 e. The fourth-order valence-electron chi connectivity index (χ4n) is 1.86. The number of hydrogen-bond donors (Lipinski definition) is 2. The van der Waals surface area contributed by atoms with Gasteiger partial charge in [-0.1, -0.05) is 0 Å². The zero-order valence-corrected chi connectivity index (χ0v) is 11.7. The minimum atomic E-state index is -0.470. The molecule has 2 rings (SSSR count). The second kappa shape index (κ2) is 6.99. The number of benzene rings is 1. The molecule has 0 aliphatic heterocycles. The second-order valence-corrected chi connectivity index (χ2v) is 4.64. The molecular formula is C15H17F2N3O. The molecule has 0 aliphatic carbocycles. The number of rotatable bonds is 6. The lowest BCUT2D eigenvalue weighted by atomic mass is 10.2. The summed E-state index contributed by atoms with van der Waals surface area (Å²) in [5, 5.41) is 11.8. The molecule has 0 bridgehead atoms. The fourth-order valence-corrected chi connectivity index (χ4v) is 1.86. The van der Waals surface area contributed by atoms with E-state index in [4.69, 9.17) is 5.11 Å². The van der Waals surface area contributed by atoms with Crippen LogP contribution in [0, 0.1) is 11.6 Å². The van der Waals surface area contributed by atoms with Crippen molar-refractivity contribution in [1.29, 1.82) is 0 Å². The minimum Gasteiger partial charge on any atom is -0.395 e. The maximum absolute atomic E-state index is 13.5. The van der Waals surface area contributed by atoms with Gasteiger partial charge in [0.25, 0.3) is 0 Å². The molecule has 0 saturated heterocycles. The van der Waals surface area contributed by atoms with E-state index in [0.717, 1.165) is 23.9 Å². The molecule has 0 saturated carbocycles. The van der Waals surface area contributed by atoms with Gasteiger partial charge in [-0.3, -0.25) is 0 Å². The van der Waals surface area contributed by atoms with Gasteiger partial charge in [-0.05, 0) is 30.3 Å². The van der Waals surface area contributed by atoms with Gasteiger partial charge in [-0.15, -0.1) is 0 Å². The number of aromatic nitrogens is 1. The first-order valence-corrected chi connectivity index (χ1v) is 6.56. The molecule has 0 atom stereocenters. The molecule has 0 amide bonds. The molecule has 0 spiro atoms. The molecule has 4 nitrogen and oxygen atoms in total. The standard InChI is InChI=1S/C15H17F2N3O/c1-20(6-7-21)13-3-5-15(19-10-13)18-9-11-8-12(16)2-4-14(11)17/h2-5,8,10,21H,6-7,9H2,1H3,(H,18,19). The first-order valence-electron chi connectivity index (χ1n) is 6.56.